The fraction of sp³-hybridized carbons (Fsp3) is 0.609. The fourth-order valence-corrected chi connectivity index (χ4v) is 4.87. The van der Waals surface area contributed by atoms with Gasteiger partial charge in [0.25, 0.3) is 5.91 Å². The largest absolute Gasteiger partial charge is 0.468 e. The molecule has 0 spiro atoms. The van der Waals surface area contributed by atoms with Crippen molar-refractivity contribution in [2.45, 2.75) is 65.0 Å². The van der Waals surface area contributed by atoms with Crippen LogP contribution in [0.25, 0.3) is 0 Å². The summed E-state index contributed by atoms with van der Waals surface area (Å²) in [6, 6.07) is 4.86. The number of rotatable bonds is 6. The molecule has 158 valence electrons. The average Bonchev–Trinajstić information content (AvgIpc) is 3.09. The number of carbonyl (C=O) groups is 2. The van der Waals surface area contributed by atoms with Gasteiger partial charge in [-0.05, 0) is 56.6 Å². The number of allylic oxidation sites excluding steroid dienone is 1. The third-order valence-electron chi connectivity index (χ3n) is 6.44. The van der Waals surface area contributed by atoms with Gasteiger partial charge >= 0.3 is 5.97 Å². The van der Waals surface area contributed by atoms with Crippen LogP contribution in [0, 0.1) is 5.41 Å². The second-order valence-corrected chi connectivity index (χ2v) is 8.90. The van der Waals surface area contributed by atoms with E-state index in [9.17, 15) is 9.59 Å². The van der Waals surface area contributed by atoms with E-state index in [4.69, 9.17) is 4.74 Å². The molecule has 0 aromatic carbocycles. The van der Waals surface area contributed by atoms with E-state index in [1.807, 2.05) is 0 Å². The lowest BCUT2D eigenvalue weighted by molar-refractivity contribution is -0.145. The van der Waals surface area contributed by atoms with E-state index in [0.29, 0.717) is 18.7 Å². The Kier molecular flexibility index (Phi) is 6.73. The van der Waals surface area contributed by atoms with Crippen molar-refractivity contribution < 1.29 is 14.3 Å². The second-order valence-electron chi connectivity index (χ2n) is 8.90. The molecule has 1 aromatic rings. The Labute approximate surface area is 173 Å². The Morgan fingerprint density at radius 3 is 2.79 bits per heavy atom. The number of hydrogen-bond donors (Lipinski definition) is 1. The first-order chi connectivity index (χ1) is 13.8. The maximum atomic E-state index is 12.5. The molecule has 1 saturated heterocycles. The summed E-state index contributed by atoms with van der Waals surface area (Å²) in [6.07, 6.45) is 6.75. The standard InChI is InChI=1S/C23H33N3O3/c1-16-8-7-11-23(2,3)18(16)10-13-26-15-17(14-20(26)22(28)29-4)25-21(27)19-9-5-6-12-24-19/h5-6,9,12,17,20H,7-8,10-11,13-15H2,1-4H3,(H,25,27)/t17-,20+/m1/s1. The highest BCUT2D eigenvalue weighted by atomic mass is 16.5. The van der Waals surface area contributed by atoms with Crippen LogP contribution in [-0.4, -0.2) is 54.0 Å². The van der Waals surface area contributed by atoms with Gasteiger partial charge in [0.05, 0.1) is 7.11 Å². The molecule has 2 aliphatic rings. The van der Waals surface area contributed by atoms with E-state index in [2.05, 4.69) is 36.0 Å². The van der Waals surface area contributed by atoms with Crippen LogP contribution in [0.2, 0.25) is 0 Å². The van der Waals surface area contributed by atoms with Gasteiger partial charge in [0.1, 0.15) is 11.7 Å². The highest BCUT2D eigenvalue weighted by Crippen LogP contribution is 2.42. The number of ether oxygens (including phenoxy) is 1. The van der Waals surface area contributed by atoms with E-state index in [-0.39, 0.29) is 29.4 Å². The Balaban J connectivity index is 1.66. The molecule has 2 heterocycles. The van der Waals surface area contributed by atoms with Crippen molar-refractivity contribution >= 4 is 11.9 Å². The molecule has 0 bridgehead atoms. The molecule has 29 heavy (non-hydrogen) atoms. The summed E-state index contributed by atoms with van der Waals surface area (Å²) >= 11 is 0. The van der Waals surface area contributed by atoms with Crippen molar-refractivity contribution in [1.82, 2.24) is 15.2 Å². The van der Waals surface area contributed by atoms with E-state index in [0.717, 1.165) is 13.0 Å². The number of aromatic nitrogens is 1. The predicted octanol–water partition coefficient (Wildman–Crippen LogP) is 3.34. The molecule has 1 aliphatic heterocycles. The van der Waals surface area contributed by atoms with Crippen LogP contribution in [0.15, 0.2) is 35.5 Å². The molecule has 1 fully saturated rings. The van der Waals surface area contributed by atoms with Gasteiger partial charge in [0, 0.05) is 25.3 Å². The van der Waals surface area contributed by atoms with E-state index in [1.165, 1.54) is 37.5 Å². The van der Waals surface area contributed by atoms with Gasteiger partial charge in [-0.15, -0.1) is 0 Å². The molecular weight excluding hydrogens is 366 g/mol. The zero-order chi connectivity index (χ0) is 21.0. The highest BCUT2D eigenvalue weighted by molar-refractivity contribution is 5.92. The van der Waals surface area contributed by atoms with Crippen LogP contribution < -0.4 is 5.32 Å². The van der Waals surface area contributed by atoms with Gasteiger partial charge in [-0.25, -0.2) is 0 Å². The van der Waals surface area contributed by atoms with E-state index in [1.54, 1.807) is 24.4 Å². The molecule has 1 N–H and O–H groups in total. The maximum Gasteiger partial charge on any atom is 0.323 e. The van der Waals surface area contributed by atoms with Crippen LogP contribution in [0.1, 0.15) is 63.4 Å². The Bertz CT molecular complexity index is 773. The molecule has 0 unspecified atom stereocenters. The minimum Gasteiger partial charge on any atom is -0.468 e. The number of amides is 1. The number of methoxy groups -OCH3 is 1. The van der Waals surface area contributed by atoms with Crippen LogP contribution in [0.5, 0.6) is 0 Å². The SMILES string of the molecule is COC(=O)[C@@H]1C[C@@H](NC(=O)c2ccccn2)CN1CCC1=C(C)CCCC1(C)C. The van der Waals surface area contributed by atoms with Gasteiger partial charge in [-0.1, -0.05) is 31.1 Å². The summed E-state index contributed by atoms with van der Waals surface area (Å²) in [5.74, 6) is -0.429. The van der Waals surface area contributed by atoms with Crippen molar-refractivity contribution in [3.05, 3.63) is 41.2 Å². The zero-order valence-electron chi connectivity index (χ0n) is 18.0. The molecule has 0 radical (unpaired) electrons. The van der Waals surface area contributed by atoms with Crippen LogP contribution in [0.4, 0.5) is 0 Å². The summed E-state index contributed by atoms with van der Waals surface area (Å²) in [4.78, 5) is 31.1. The minimum atomic E-state index is -0.318. The summed E-state index contributed by atoms with van der Waals surface area (Å²) in [5.41, 5.74) is 3.63. The number of esters is 1. The Morgan fingerprint density at radius 1 is 1.34 bits per heavy atom. The monoisotopic (exact) mass is 399 g/mol. The van der Waals surface area contributed by atoms with Gasteiger partial charge in [-0.2, -0.15) is 0 Å². The van der Waals surface area contributed by atoms with Crippen LogP contribution in [-0.2, 0) is 9.53 Å². The van der Waals surface area contributed by atoms with Gasteiger partial charge in [0.2, 0.25) is 0 Å². The molecular formula is C23H33N3O3. The lowest BCUT2D eigenvalue weighted by atomic mass is 9.71. The number of hydrogen-bond acceptors (Lipinski definition) is 5. The van der Waals surface area contributed by atoms with Crippen LogP contribution in [0.3, 0.4) is 0 Å². The van der Waals surface area contributed by atoms with Crippen molar-refractivity contribution in [2.75, 3.05) is 20.2 Å². The number of nitrogens with one attached hydrogen (secondary N) is 1. The number of nitrogens with zero attached hydrogens (tertiary/aromatic N) is 2. The fourth-order valence-electron chi connectivity index (χ4n) is 4.87. The molecule has 3 rings (SSSR count). The molecule has 2 atom stereocenters. The predicted molar refractivity (Wildman–Crippen MR) is 112 cm³/mol. The first kappa shape index (κ1) is 21.5. The summed E-state index contributed by atoms with van der Waals surface area (Å²) in [5, 5.41) is 3.03. The van der Waals surface area contributed by atoms with Crippen molar-refractivity contribution in [1.29, 1.82) is 0 Å². The smallest absolute Gasteiger partial charge is 0.323 e. The summed E-state index contributed by atoms with van der Waals surface area (Å²) in [7, 11) is 1.43. The molecule has 1 amide bonds. The van der Waals surface area contributed by atoms with Crippen molar-refractivity contribution in [3.8, 4) is 0 Å². The molecule has 6 heteroatoms. The number of carbonyl (C=O) groups excluding carboxylic acids is 2. The Morgan fingerprint density at radius 2 is 2.14 bits per heavy atom. The quantitative estimate of drug-likeness (QED) is 0.587. The van der Waals surface area contributed by atoms with Crippen molar-refractivity contribution in [3.63, 3.8) is 0 Å². The number of pyridine rings is 1. The summed E-state index contributed by atoms with van der Waals surface area (Å²) in [6.45, 7) is 8.33. The molecule has 0 saturated carbocycles. The topological polar surface area (TPSA) is 71.5 Å². The molecule has 6 nitrogen and oxygen atoms in total. The van der Waals surface area contributed by atoms with E-state index >= 15 is 0 Å². The normalized spacial score (nSPS) is 24.4. The first-order valence-electron chi connectivity index (χ1n) is 10.5. The van der Waals surface area contributed by atoms with Gasteiger partial charge in [0.15, 0.2) is 0 Å². The Hall–Kier alpha value is -2.21. The van der Waals surface area contributed by atoms with Gasteiger partial charge in [-0.3, -0.25) is 19.5 Å². The maximum absolute atomic E-state index is 12.5. The third kappa shape index (κ3) is 5.04. The zero-order valence-corrected chi connectivity index (χ0v) is 18.0. The van der Waals surface area contributed by atoms with Gasteiger partial charge < -0.3 is 10.1 Å². The number of likely N-dealkylation sites (tertiary alicyclic amines) is 1. The summed E-state index contributed by atoms with van der Waals surface area (Å²) < 4.78 is 5.04. The highest BCUT2D eigenvalue weighted by Gasteiger charge is 2.39. The lowest BCUT2D eigenvalue weighted by Gasteiger charge is -2.36. The van der Waals surface area contributed by atoms with E-state index < -0.39 is 0 Å². The lowest BCUT2D eigenvalue weighted by Crippen LogP contribution is -2.39. The second kappa shape index (κ2) is 9.08. The minimum absolute atomic E-state index is 0.0944. The first-order valence-corrected chi connectivity index (χ1v) is 10.5. The average molecular weight is 400 g/mol. The molecule has 1 aromatic heterocycles. The third-order valence-corrected chi connectivity index (χ3v) is 6.44. The van der Waals surface area contributed by atoms with Crippen LogP contribution >= 0.6 is 0 Å². The van der Waals surface area contributed by atoms with Crippen molar-refractivity contribution in [2.24, 2.45) is 5.41 Å². The molecule has 1 aliphatic carbocycles.